The first kappa shape index (κ1) is 11.0. The van der Waals surface area contributed by atoms with Crippen LogP contribution in [0.25, 0.3) is 0 Å². The summed E-state index contributed by atoms with van der Waals surface area (Å²) in [4.78, 5) is 0.432. The van der Waals surface area contributed by atoms with Gasteiger partial charge in [-0.05, 0) is 19.4 Å². The second kappa shape index (κ2) is 4.42. The number of allylic oxidation sites excluding steroid dienone is 2. The van der Waals surface area contributed by atoms with E-state index in [9.17, 15) is 8.42 Å². The van der Waals surface area contributed by atoms with Crippen LogP contribution in [0.2, 0.25) is 0 Å². The molecule has 3 heteroatoms. The molecule has 0 bridgehead atoms. The molecule has 14 heavy (non-hydrogen) atoms. The first-order valence-electron chi connectivity index (χ1n) is 4.46. The van der Waals surface area contributed by atoms with Gasteiger partial charge in [-0.25, -0.2) is 8.42 Å². The standard InChI is InChI=1S/C11H14O2S/c1-3-10(2)14(12,13)9-11-7-5-4-6-8-11/h3-8H,9H2,1-2H3/b10-3+. The Labute approximate surface area is 85.2 Å². The molecular weight excluding hydrogens is 196 g/mol. The molecule has 0 atom stereocenters. The Balaban J connectivity index is 2.91. The minimum absolute atomic E-state index is 0.0873. The SMILES string of the molecule is C/C=C(\C)S(=O)(=O)Cc1ccccc1. The Kier molecular flexibility index (Phi) is 3.47. The molecule has 0 spiro atoms. The van der Waals surface area contributed by atoms with Gasteiger partial charge in [0.05, 0.1) is 5.75 Å². The summed E-state index contributed by atoms with van der Waals surface area (Å²) in [5.41, 5.74) is 0.828. The first-order valence-corrected chi connectivity index (χ1v) is 6.11. The van der Waals surface area contributed by atoms with Gasteiger partial charge in [-0.1, -0.05) is 36.4 Å². The van der Waals surface area contributed by atoms with E-state index in [1.165, 1.54) is 0 Å². The van der Waals surface area contributed by atoms with Gasteiger partial charge in [0.15, 0.2) is 9.84 Å². The lowest BCUT2D eigenvalue weighted by molar-refractivity contribution is 0.601. The molecule has 0 aromatic heterocycles. The third kappa shape index (κ3) is 2.70. The zero-order valence-corrected chi connectivity index (χ0v) is 9.21. The van der Waals surface area contributed by atoms with Crippen LogP contribution in [0, 0.1) is 0 Å². The summed E-state index contributed by atoms with van der Waals surface area (Å²) in [6.07, 6.45) is 1.62. The van der Waals surface area contributed by atoms with E-state index in [1.54, 1.807) is 19.9 Å². The van der Waals surface area contributed by atoms with E-state index >= 15 is 0 Å². The van der Waals surface area contributed by atoms with E-state index in [1.807, 2.05) is 30.3 Å². The van der Waals surface area contributed by atoms with Gasteiger partial charge in [0, 0.05) is 4.91 Å². The van der Waals surface area contributed by atoms with Crippen molar-refractivity contribution in [2.45, 2.75) is 19.6 Å². The molecule has 1 aromatic rings. The highest BCUT2D eigenvalue weighted by molar-refractivity contribution is 7.94. The summed E-state index contributed by atoms with van der Waals surface area (Å²) in [6, 6.07) is 9.20. The lowest BCUT2D eigenvalue weighted by Crippen LogP contribution is -2.04. The van der Waals surface area contributed by atoms with Crippen LogP contribution in [-0.4, -0.2) is 8.42 Å². The topological polar surface area (TPSA) is 34.1 Å². The second-order valence-electron chi connectivity index (χ2n) is 3.14. The fourth-order valence-electron chi connectivity index (χ4n) is 1.09. The van der Waals surface area contributed by atoms with Gasteiger partial charge in [-0.15, -0.1) is 0 Å². The lowest BCUT2D eigenvalue weighted by atomic mass is 10.2. The monoisotopic (exact) mass is 210 g/mol. The largest absolute Gasteiger partial charge is 0.224 e. The number of benzene rings is 1. The molecule has 0 aliphatic heterocycles. The molecular formula is C11H14O2S. The number of hydrogen-bond donors (Lipinski definition) is 0. The van der Waals surface area contributed by atoms with Crippen molar-refractivity contribution in [3.05, 3.63) is 46.9 Å². The first-order chi connectivity index (χ1) is 6.56. The number of rotatable bonds is 3. The van der Waals surface area contributed by atoms with Crippen LogP contribution in [0.4, 0.5) is 0 Å². The molecule has 0 radical (unpaired) electrons. The predicted octanol–water partition coefficient (Wildman–Crippen LogP) is 2.53. The molecule has 0 amide bonds. The predicted molar refractivity (Wildman–Crippen MR) is 58.5 cm³/mol. The van der Waals surface area contributed by atoms with Crippen molar-refractivity contribution in [1.29, 1.82) is 0 Å². The van der Waals surface area contributed by atoms with E-state index < -0.39 is 9.84 Å². The molecule has 76 valence electrons. The van der Waals surface area contributed by atoms with Gasteiger partial charge in [-0.3, -0.25) is 0 Å². The fraction of sp³-hybridized carbons (Fsp3) is 0.273. The van der Waals surface area contributed by atoms with Gasteiger partial charge < -0.3 is 0 Å². The minimum Gasteiger partial charge on any atom is -0.224 e. The third-order valence-corrected chi connectivity index (χ3v) is 4.03. The van der Waals surface area contributed by atoms with E-state index in [4.69, 9.17) is 0 Å². The third-order valence-electron chi connectivity index (χ3n) is 2.10. The van der Waals surface area contributed by atoms with Crippen LogP contribution in [0.1, 0.15) is 19.4 Å². The van der Waals surface area contributed by atoms with E-state index in [0.717, 1.165) is 5.56 Å². The van der Waals surface area contributed by atoms with Gasteiger partial charge >= 0.3 is 0 Å². The molecule has 0 saturated heterocycles. The molecule has 0 fully saturated rings. The Morgan fingerprint density at radius 1 is 1.29 bits per heavy atom. The molecule has 0 aliphatic carbocycles. The van der Waals surface area contributed by atoms with Crippen LogP contribution in [0.15, 0.2) is 41.3 Å². The highest BCUT2D eigenvalue weighted by atomic mass is 32.2. The molecule has 1 aromatic carbocycles. The minimum atomic E-state index is -3.10. The average Bonchev–Trinajstić information content (AvgIpc) is 2.17. The average molecular weight is 210 g/mol. The Hall–Kier alpha value is -1.09. The number of hydrogen-bond acceptors (Lipinski definition) is 2. The van der Waals surface area contributed by atoms with Gasteiger partial charge in [0.25, 0.3) is 0 Å². The fourth-order valence-corrected chi connectivity index (χ4v) is 2.31. The van der Waals surface area contributed by atoms with Crippen LogP contribution in [-0.2, 0) is 15.6 Å². The van der Waals surface area contributed by atoms with Crippen LogP contribution in [0.3, 0.4) is 0 Å². The summed E-state index contributed by atoms with van der Waals surface area (Å²) in [6.45, 7) is 3.36. The molecule has 0 saturated carbocycles. The maximum Gasteiger partial charge on any atom is 0.178 e. The van der Waals surface area contributed by atoms with Crippen molar-refractivity contribution in [2.24, 2.45) is 0 Å². The van der Waals surface area contributed by atoms with Crippen molar-refractivity contribution in [2.75, 3.05) is 0 Å². The Bertz CT molecular complexity index is 416. The summed E-state index contributed by atoms with van der Waals surface area (Å²) in [5, 5.41) is 0. The van der Waals surface area contributed by atoms with Crippen molar-refractivity contribution in [3.63, 3.8) is 0 Å². The van der Waals surface area contributed by atoms with Crippen molar-refractivity contribution >= 4 is 9.84 Å². The molecule has 0 unspecified atom stereocenters. The zero-order chi connectivity index (χ0) is 10.6. The van der Waals surface area contributed by atoms with E-state index in [2.05, 4.69) is 0 Å². The summed E-state index contributed by atoms with van der Waals surface area (Å²) >= 11 is 0. The normalized spacial score (nSPS) is 12.9. The Morgan fingerprint density at radius 3 is 2.36 bits per heavy atom. The summed E-state index contributed by atoms with van der Waals surface area (Å²) < 4.78 is 23.3. The van der Waals surface area contributed by atoms with Crippen molar-refractivity contribution < 1.29 is 8.42 Å². The molecule has 0 N–H and O–H groups in total. The van der Waals surface area contributed by atoms with Crippen LogP contribution >= 0.6 is 0 Å². The van der Waals surface area contributed by atoms with Crippen molar-refractivity contribution in [3.8, 4) is 0 Å². The quantitative estimate of drug-likeness (QED) is 0.768. The van der Waals surface area contributed by atoms with Crippen molar-refractivity contribution in [1.82, 2.24) is 0 Å². The molecule has 1 rings (SSSR count). The molecule has 2 nitrogen and oxygen atoms in total. The van der Waals surface area contributed by atoms with E-state index in [0.29, 0.717) is 4.91 Å². The molecule has 0 aliphatic rings. The Morgan fingerprint density at radius 2 is 1.86 bits per heavy atom. The van der Waals surface area contributed by atoms with Gasteiger partial charge in [0.1, 0.15) is 0 Å². The maximum absolute atomic E-state index is 11.7. The second-order valence-corrected chi connectivity index (χ2v) is 5.31. The lowest BCUT2D eigenvalue weighted by Gasteiger charge is -2.03. The zero-order valence-electron chi connectivity index (χ0n) is 8.40. The van der Waals surface area contributed by atoms with E-state index in [-0.39, 0.29) is 5.75 Å². The highest BCUT2D eigenvalue weighted by Gasteiger charge is 2.12. The smallest absolute Gasteiger partial charge is 0.178 e. The number of sulfone groups is 1. The highest BCUT2D eigenvalue weighted by Crippen LogP contribution is 2.13. The summed E-state index contributed by atoms with van der Waals surface area (Å²) in [7, 11) is -3.10. The summed E-state index contributed by atoms with van der Waals surface area (Å²) in [5.74, 6) is 0.0873. The molecule has 0 heterocycles. The van der Waals surface area contributed by atoms with Crippen LogP contribution in [0.5, 0.6) is 0 Å². The maximum atomic E-state index is 11.7. The van der Waals surface area contributed by atoms with Crippen LogP contribution < -0.4 is 0 Å². The van der Waals surface area contributed by atoms with Gasteiger partial charge in [-0.2, -0.15) is 0 Å². The van der Waals surface area contributed by atoms with Gasteiger partial charge in [0.2, 0.25) is 0 Å².